The van der Waals surface area contributed by atoms with Gasteiger partial charge in [-0.1, -0.05) is 30.3 Å². The fraction of sp³-hybridized carbons (Fsp3) is 0.118. The summed E-state index contributed by atoms with van der Waals surface area (Å²) in [5, 5.41) is 0. The lowest BCUT2D eigenvalue weighted by atomic mass is 10.1. The van der Waals surface area contributed by atoms with Gasteiger partial charge >= 0.3 is 7.75 Å². The maximum absolute atomic E-state index is 12.3. The van der Waals surface area contributed by atoms with Crippen LogP contribution in [0, 0.1) is 4.91 Å². The van der Waals surface area contributed by atoms with Crippen LogP contribution in [0.1, 0.15) is 15.9 Å². The van der Waals surface area contributed by atoms with Crippen molar-refractivity contribution < 1.29 is 18.8 Å². The number of para-hydroxylation sites is 1. The van der Waals surface area contributed by atoms with E-state index in [0.717, 1.165) is 11.3 Å². The van der Waals surface area contributed by atoms with E-state index in [0.29, 0.717) is 0 Å². The zero-order valence-corrected chi connectivity index (χ0v) is 14.6. The van der Waals surface area contributed by atoms with Gasteiger partial charge < -0.3 is 9.42 Å². The van der Waals surface area contributed by atoms with Crippen LogP contribution in [0.15, 0.2) is 59.6 Å². The van der Waals surface area contributed by atoms with Gasteiger partial charge in [0.1, 0.15) is 5.75 Å². The van der Waals surface area contributed by atoms with Crippen molar-refractivity contribution in [1.29, 1.82) is 0 Å². The van der Waals surface area contributed by atoms with Crippen molar-refractivity contribution in [3.8, 4) is 5.75 Å². The van der Waals surface area contributed by atoms with Crippen molar-refractivity contribution >= 4 is 25.3 Å². The lowest BCUT2D eigenvalue weighted by Crippen LogP contribution is -2.07. The zero-order valence-electron chi connectivity index (χ0n) is 13.7. The predicted molar refractivity (Wildman–Crippen MR) is 96.8 cm³/mol. The van der Waals surface area contributed by atoms with E-state index in [4.69, 9.17) is 0 Å². The van der Waals surface area contributed by atoms with Gasteiger partial charge in [-0.05, 0) is 35.9 Å². The number of allylic oxidation sites excluding steroid dienone is 1. The van der Waals surface area contributed by atoms with E-state index in [1.165, 1.54) is 24.3 Å². The van der Waals surface area contributed by atoms with Gasteiger partial charge in [-0.15, -0.1) is 4.91 Å². The fourth-order valence-corrected chi connectivity index (χ4v) is 2.49. The molecular weight excluding hydrogens is 343 g/mol. The second-order valence-electron chi connectivity index (χ2n) is 5.34. The number of nitrogens with zero attached hydrogens (tertiary/aromatic N) is 2. The Hall–Kier alpha value is -2.76. The number of hydrogen-bond acceptors (Lipinski definition) is 5. The lowest BCUT2D eigenvalue weighted by Gasteiger charge is -2.11. The normalized spacial score (nSPS) is 13.2. The molecule has 7 nitrogen and oxygen atoms in total. The molecule has 0 saturated carbocycles. The molecule has 0 amide bonds. The highest BCUT2D eigenvalue weighted by Crippen LogP contribution is 2.44. The lowest BCUT2D eigenvalue weighted by molar-refractivity contribution is 0.104. The topological polar surface area (TPSA) is 96.3 Å². The molecule has 2 aromatic rings. The molecular formula is C17H17N2O5P. The Labute approximate surface area is 145 Å². The molecule has 0 bridgehead atoms. The van der Waals surface area contributed by atoms with Gasteiger partial charge in [-0.3, -0.25) is 9.69 Å². The summed E-state index contributed by atoms with van der Waals surface area (Å²) in [6.45, 7) is 0. The summed E-state index contributed by atoms with van der Waals surface area (Å²) in [6.07, 6.45) is 2.94. The van der Waals surface area contributed by atoms with Gasteiger partial charge in [0.15, 0.2) is 5.78 Å². The van der Waals surface area contributed by atoms with E-state index in [9.17, 15) is 19.2 Å². The molecule has 8 heteroatoms. The summed E-state index contributed by atoms with van der Waals surface area (Å²) < 4.78 is 16.0. The Morgan fingerprint density at radius 2 is 1.80 bits per heavy atom. The van der Waals surface area contributed by atoms with Crippen LogP contribution in [0.2, 0.25) is 0 Å². The molecule has 0 aliphatic carbocycles. The molecule has 0 fully saturated rings. The number of ketones is 1. The van der Waals surface area contributed by atoms with Crippen molar-refractivity contribution in [3.05, 3.63) is 70.6 Å². The highest BCUT2D eigenvalue weighted by molar-refractivity contribution is 7.51. The minimum atomic E-state index is -4.67. The summed E-state index contributed by atoms with van der Waals surface area (Å²) in [6, 6.07) is 13.4. The van der Waals surface area contributed by atoms with Gasteiger partial charge in [0.2, 0.25) is 0 Å². The molecule has 0 aliphatic heterocycles. The van der Waals surface area contributed by atoms with E-state index in [2.05, 4.69) is 4.52 Å². The standard InChI is InChI=1S/C17H17N2O5P/c1-19(2)14-10-7-13(8-11-14)9-12-16(20)15-5-3-4-6-17(15)24-25(22,23)18-21/h3-12H,1-2H3,(H,22,23)/b12-9+. The number of nitroso groups, excluding NO2 is 1. The van der Waals surface area contributed by atoms with Crippen LogP contribution in [0.4, 0.5) is 5.69 Å². The number of rotatable bonds is 7. The number of carbonyl (C=O) groups is 1. The van der Waals surface area contributed by atoms with Crippen molar-refractivity contribution in [2.24, 2.45) is 4.95 Å². The third-order valence-electron chi connectivity index (χ3n) is 3.31. The van der Waals surface area contributed by atoms with Gasteiger partial charge in [-0.2, -0.15) is 0 Å². The minimum absolute atomic E-state index is 0.0570. The van der Waals surface area contributed by atoms with Crippen molar-refractivity contribution in [2.75, 3.05) is 19.0 Å². The first-order chi connectivity index (χ1) is 11.8. The molecule has 2 aromatic carbocycles. The maximum atomic E-state index is 12.3. The Bertz CT molecular complexity index is 846. The molecule has 0 spiro atoms. The Morgan fingerprint density at radius 1 is 1.16 bits per heavy atom. The van der Waals surface area contributed by atoms with Crippen molar-refractivity contribution in [1.82, 2.24) is 0 Å². The summed E-state index contributed by atoms with van der Waals surface area (Å²) in [5.41, 5.74) is 1.91. The summed E-state index contributed by atoms with van der Waals surface area (Å²) in [5.74, 6) is -0.608. The SMILES string of the molecule is CN(C)c1ccc(/C=C/C(=O)c2ccccc2OP(=O)(O)N=O)cc1. The predicted octanol–water partition coefficient (Wildman–Crippen LogP) is 3.89. The van der Waals surface area contributed by atoms with Crippen LogP contribution in [0.5, 0.6) is 5.75 Å². The van der Waals surface area contributed by atoms with Crippen molar-refractivity contribution in [3.63, 3.8) is 0 Å². The molecule has 130 valence electrons. The van der Waals surface area contributed by atoms with Crippen LogP contribution in [-0.2, 0) is 4.57 Å². The molecule has 1 unspecified atom stereocenters. The van der Waals surface area contributed by atoms with Crippen LogP contribution >= 0.6 is 7.75 Å². The summed E-state index contributed by atoms with van der Waals surface area (Å²) >= 11 is 0. The van der Waals surface area contributed by atoms with Crippen LogP contribution in [-0.4, -0.2) is 24.8 Å². The van der Waals surface area contributed by atoms with Crippen LogP contribution in [0.3, 0.4) is 0 Å². The molecule has 1 N–H and O–H groups in total. The second-order valence-corrected chi connectivity index (χ2v) is 6.67. The highest BCUT2D eigenvalue weighted by Gasteiger charge is 2.24. The molecule has 0 saturated heterocycles. The zero-order chi connectivity index (χ0) is 18.4. The fourth-order valence-electron chi connectivity index (χ4n) is 2.04. The first-order valence-electron chi connectivity index (χ1n) is 7.28. The van der Waals surface area contributed by atoms with Gasteiger partial charge in [0.05, 0.1) is 10.5 Å². The third-order valence-corrected chi connectivity index (χ3v) is 3.95. The molecule has 1 atom stereocenters. The van der Waals surface area contributed by atoms with E-state index in [1.54, 1.807) is 12.1 Å². The Morgan fingerprint density at radius 3 is 2.40 bits per heavy atom. The second kappa shape index (κ2) is 7.88. The summed E-state index contributed by atoms with van der Waals surface area (Å²) in [4.78, 5) is 35.8. The molecule has 25 heavy (non-hydrogen) atoms. The summed E-state index contributed by atoms with van der Waals surface area (Å²) in [7, 11) is -0.806. The maximum Gasteiger partial charge on any atom is 0.541 e. The van der Waals surface area contributed by atoms with Crippen LogP contribution < -0.4 is 9.42 Å². The minimum Gasteiger partial charge on any atom is -0.405 e. The van der Waals surface area contributed by atoms with Crippen molar-refractivity contribution in [2.45, 2.75) is 0 Å². The number of benzene rings is 2. The smallest absolute Gasteiger partial charge is 0.405 e. The Kier molecular flexibility index (Phi) is 5.85. The highest BCUT2D eigenvalue weighted by atomic mass is 31.2. The third kappa shape index (κ3) is 5.11. The van der Waals surface area contributed by atoms with Gasteiger partial charge in [-0.25, -0.2) is 4.57 Å². The van der Waals surface area contributed by atoms with E-state index < -0.39 is 13.5 Å². The molecule has 0 aromatic heterocycles. The van der Waals surface area contributed by atoms with E-state index in [1.807, 2.05) is 48.2 Å². The van der Waals surface area contributed by atoms with E-state index >= 15 is 0 Å². The quantitative estimate of drug-likeness (QED) is 0.348. The number of carbonyl (C=O) groups excluding carboxylic acids is 1. The first-order valence-corrected chi connectivity index (χ1v) is 8.81. The molecule has 0 aliphatic rings. The van der Waals surface area contributed by atoms with E-state index in [-0.39, 0.29) is 11.3 Å². The number of anilines is 1. The number of hydrogen-bond donors (Lipinski definition) is 1. The van der Waals surface area contributed by atoms with Gasteiger partial charge in [0, 0.05) is 19.8 Å². The van der Waals surface area contributed by atoms with Crippen LogP contribution in [0.25, 0.3) is 6.08 Å². The molecule has 0 radical (unpaired) electrons. The monoisotopic (exact) mass is 360 g/mol. The molecule has 2 rings (SSSR count). The average Bonchev–Trinajstić information content (AvgIpc) is 2.60. The molecule has 0 heterocycles. The largest absolute Gasteiger partial charge is 0.541 e. The average molecular weight is 360 g/mol. The first kappa shape index (κ1) is 18.6. The van der Waals surface area contributed by atoms with Gasteiger partial charge in [0.25, 0.3) is 0 Å². The Balaban J connectivity index is 2.20.